The molecule has 1 aromatic heterocycles. The summed E-state index contributed by atoms with van der Waals surface area (Å²) in [5.74, 6) is 1.25. The van der Waals surface area contributed by atoms with Crippen molar-refractivity contribution in [3.05, 3.63) is 71.2 Å². The number of hydrogen-bond donors (Lipinski definition) is 0. The molecule has 0 bridgehead atoms. The average Bonchev–Trinajstić information content (AvgIpc) is 3.12. The second-order valence-corrected chi connectivity index (χ2v) is 7.98. The molecule has 4 nitrogen and oxygen atoms in total. The summed E-state index contributed by atoms with van der Waals surface area (Å²) < 4.78 is 5.27. The molecule has 0 radical (unpaired) electrons. The average molecular weight is 393 g/mol. The topological polar surface area (TPSA) is 42.4 Å². The lowest BCUT2D eigenvalue weighted by Crippen LogP contribution is -2.34. The van der Waals surface area contributed by atoms with E-state index in [1.807, 2.05) is 52.7 Å². The number of benzene rings is 2. The van der Waals surface area contributed by atoms with Gasteiger partial charge in [-0.15, -0.1) is 11.3 Å². The fourth-order valence-electron chi connectivity index (χ4n) is 3.72. The number of likely N-dealkylation sites (tertiary alicyclic amines) is 1. The van der Waals surface area contributed by atoms with Crippen LogP contribution in [0.1, 0.15) is 41.2 Å². The molecule has 1 aliphatic heterocycles. The van der Waals surface area contributed by atoms with Crippen LogP contribution < -0.4 is 4.74 Å². The van der Waals surface area contributed by atoms with Gasteiger partial charge in [-0.3, -0.25) is 4.79 Å². The first-order valence-corrected chi connectivity index (χ1v) is 10.6. The van der Waals surface area contributed by atoms with Crippen LogP contribution in [-0.2, 0) is 0 Å². The molecule has 5 heteroatoms. The summed E-state index contributed by atoms with van der Waals surface area (Å²) in [4.78, 5) is 19.7. The number of carbonyl (C=O) groups excluding carboxylic acids is 1. The van der Waals surface area contributed by atoms with Gasteiger partial charge in [-0.05, 0) is 30.5 Å². The van der Waals surface area contributed by atoms with E-state index < -0.39 is 0 Å². The van der Waals surface area contributed by atoms with Crippen LogP contribution in [0.2, 0.25) is 0 Å². The molecule has 28 heavy (non-hydrogen) atoms. The van der Waals surface area contributed by atoms with Crippen LogP contribution in [0.15, 0.2) is 60.0 Å². The highest BCUT2D eigenvalue weighted by Crippen LogP contribution is 2.29. The lowest BCUT2D eigenvalue weighted by atomic mass is 9.94. The molecule has 1 unspecified atom stereocenters. The van der Waals surface area contributed by atoms with Gasteiger partial charge in [0.25, 0.3) is 5.91 Å². The standard InChI is InChI=1S/C23H24N2O2S/c1-27-20-12-10-17(11-13-20)19-9-5-6-14-25(15-19)23(26)21-16-28-22(24-21)18-7-3-2-4-8-18/h2-4,7-8,10-13,16,19H,5-6,9,14-15H2,1H3. The molecule has 2 aromatic carbocycles. The van der Waals surface area contributed by atoms with Crippen molar-refractivity contribution in [1.82, 2.24) is 9.88 Å². The molecular formula is C23H24N2O2S. The molecule has 0 saturated carbocycles. The van der Waals surface area contributed by atoms with Crippen LogP contribution in [0, 0.1) is 0 Å². The zero-order chi connectivity index (χ0) is 19.3. The van der Waals surface area contributed by atoms with E-state index in [4.69, 9.17) is 4.74 Å². The van der Waals surface area contributed by atoms with Crippen molar-refractivity contribution in [3.8, 4) is 16.3 Å². The Morgan fingerprint density at radius 1 is 1.11 bits per heavy atom. The highest BCUT2D eigenvalue weighted by atomic mass is 32.1. The van der Waals surface area contributed by atoms with E-state index in [1.165, 1.54) is 16.9 Å². The summed E-state index contributed by atoms with van der Waals surface area (Å²) in [5, 5.41) is 2.78. The minimum atomic E-state index is 0.0406. The Hall–Kier alpha value is -2.66. The van der Waals surface area contributed by atoms with E-state index in [-0.39, 0.29) is 5.91 Å². The number of amides is 1. The number of ether oxygens (including phenoxy) is 1. The molecule has 144 valence electrons. The molecule has 1 aliphatic rings. The Morgan fingerprint density at radius 3 is 2.64 bits per heavy atom. The van der Waals surface area contributed by atoms with Crippen molar-refractivity contribution in [2.45, 2.75) is 25.2 Å². The number of nitrogens with zero attached hydrogens (tertiary/aromatic N) is 2. The molecule has 0 N–H and O–H groups in total. The molecule has 1 amide bonds. The normalized spacial score (nSPS) is 17.2. The molecule has 1 saturated heterocycles. The molecule has 1 fully saturated rings. The van der Waals surface area contributed by atoms with Crippen LogP contribution in [0.3, 0.4) is 0 Å². The molecule has 1 atom stereocenters. The number of carbonyl (C=O) groups is 1. The molecular weight excluding hydrogens is 368 g/mol. The van der Waals surface area contributed by atoms with Crippen LogP contribution in [0.4, 0.5) is 0 Å². The molecule has 0 spiro atoms. The predicted molar refractivity (Wildman–Crippen MR) is 113 cm³/mol. The van der Waals surface area contributed by atoms with Crippen LogP contribution in [0.25, 0.3) is 10.6 Å². The first kappa shape index (κ1) is 18.7. The van der Waals surface area contributed by atoms with Gasteiger partial charge in [0.1, 0.15) is 16.5 Å². The zero-order valence-electron chi connectivity index (χ0n) is 16.0. The first-order chi connectivity index (χ1) is 13.7. The zero-order valence-corrected chi connectivity index (χ0v) is 16.8. The fourth-order valence-corrected chi connectivity index (χ4v) is 4.52. The number of thiazole rings is 1. The van der Waals surface area contributed by atoms with Crippen molar-refractivity contribution in [2.24, 2.45) is 0 Å². The van der Waals surface area contributed by atoms with Gasteiger partial charge < -0.3 is 9.64 Å². The quantitative estimate of drug-likeness (QED) is 0.611. The number of hydrogen-bond acceptors (Lipinski definition) is 4. The second kappa shape index (κ2) is 8.57. The van der Waals surface area contributed by atoms with E-state index in [2.05, 4.69) is 17.1 Å². The summed E-state index contributed by atoms with van der Waals surface area (Å²) in [5.41, 5.74) is 2.88. The molecule has 3 aromatic rings. The minimum absolute atomic E-state index is 0.0406. The van der Waals surface area contributed by atoms with Crippen molar-refractivity contribution >= 4 is 17.2 Å². The van der Waals surface area contributed by atoms with Crippen molar-refractivity contribution in [3.63, 3.8) is 0 Å². The van der Waals surface area contributed by atoms with Gasteiger partial charge in [-0.2, -0.15) is 0 Å². The van der Waals surface area contributed by atoms with Crippen LogP contribution in [0.5, 0.6) is 5.75 Å². The van der Waals surface area contributed by atoms with Gasteiger partial charge in [0.15, 0.2) is 0 Å². The molecule has 0 aliphatic carbocycles. The fraction of sp³-hybridized carbons (Fsp3) is 0.304. The van der Waals surface area contributed by atoms with Gasteiger partial charge in [-0.25, -0.2) is 4.98 Å². The van der Waals surface area contributed by atoms with Gasteiger partial charge in [-0.1, -0.05) is 48.9 Å². The van der Waals surface area contributed by atoms with Crippen LogP contribution >= 0.6 is 11.3 Å². The molecule has 4 rings (SSSR count). The summed E-state index contributed by atoms with van der Waals surface area (Å²) in [6.45, 7) is 1.53. The Morgan fingerprint density at radius 2 is 1.89 bits per heavy atom. The third-order valence-electron chi connectivity index (χ3n) is 5.29. The van der Waals surface area contributed by atoms with Gasteiger partial charge >= 0.3 is 0 Å². The second-order valence-electron chi connectivity index (χ2n) is 7.12. The highest BCUT2D eigenvalue weighted by Gasteiger charge is 2.25. The van der Waals surface area contributed by atoms with E-state index in [0.29, 0.717) is 11.6 Å². The maximum atomic E-state index is 13.1. The molecule has 2 heterocycles. The largest absolute Gasteiger partial charge is 0.497 e. The van der Waals surface area contributed by atoms with Crippen molar-refractivity contribution in [1.29, 1.82) is 0 Å². The first-order valence-electron chi connectivity index (χ1n) is 9.69. The third kappa shape index (κ3) is 4.09. The third-order valence-corrected chi connectivity index (χ3v) is 6.18. The number of aromatic nitrogens is 1. The van der Waals surface area contributed by atoms with E-state index in [9.17, 15) is 4.79 Å². The maximum absolute atomic E-state index is 13.1. The Kier molecular flexibility index (Phi) is 5.72. The van der Waals surface area contributed by atoms with Gasteiger partial charge in [0.05, 0.1) is 7.11 Å². The summed E-state index contributed by atoms with van der Waals surface area (Å²) in [6, 6.07) is 18.3. The Labute approximate surface area is 169 Å². The number of methoxy groups -OCH3 is 1. The van der Waals surface area contributed by atoms with E-state index in [1.54, 1.807) is 7.11 Å². The van der Waals surface area contributed by atoms with E-state index in [0.717, 1.165) is 48.7 Å². The van der Waals surface area contributed by atoms with Crippen molar-refractivity contribution in [2.75, 3.05) is 20.2 Å². The lowest BCUT2D eigenvalue weighted by Gasteiger charge is -2.24. The SMILES string of the molecule is COc1ccc(C2CCCCN(C(=O)c3csc(-c4ccccc4)n3)C2)cc1. The highest BCUT2D eigenvalue weighted by molar-refractivity contribution is 7.13. The smallest absolute Gasteiger partial charge is 0.273 e. The Balaban J connectivity index is 1.51. The summed E-state index contributed by atoms with van der Waals surface area (Å²) >= 11 is 1.53. The lowest BCUT2D eigenvalue weighted by molar-refractivity contribution is 0.0749. The Bertz CT molecular complexity index is 921. The summed E-state index contributed by atoms with van der Waals surface area (Å²) in [7, 11) is 1.68. The minimum Gasteiger partial charge on any atom is -0.497 e. The summed E-state index contributed by atoms with van der Waals surface area (Å²) in [6.07, 6.45) is 3.27. The number of rotatable bonds is 4. The van der Waals surface area contributed by atoms with Crippen LogP contribution in [-0.4, -0.2) is 36.0 Å². The monoisotopic (exact) mass is 392 g/mol. The van der Waals surface area contributed by atoms with Gasteiger partial charge in [0.2, 0.25) is 0 Å². The van der Waals surface area contributed by atoms with E-state index >= 15 is 0 Å². The van der Waals surface area contributed by atoms with Crippen molar-refractivity contribution < 1.29 is 9.53 Å². The van der Waals surface area contributed by atoms with Gasteiger partial charge in [0, 0.05) is 30.0 Å². The predicted octanol–water partition coefficient (Wildman–Crippen LogP) is 5.23. The maximum Gasteiger partial charge on any atom is 0.273 e.